The first-order valence-electron chi connectivity index (χ1n) is 8.56. The lowest BCUT2D eigenvalue weighted by Crippen LogP contribution is -2.34. The first-order valence-corrected chi connectivity index (χ1v) is 8.56. The number of hydrogen-bond donors (Lipinski definition) is 3. The third-order valence-electron chi connectivity index (χ3n) is 4.23. The van der Waals surface area contributed by atoms with E-state index in [-0.39, 0.29) is 11.4 Å². The van der Waals surface area contributed by atoms with Crippen molar-refractivity contribution in [1.29, 1.82) is 0 Å². The molecule has 0 saturated carbocycles. The highest BCUT2D eigenvalue weighted by Gasteiger charge is 2.22. The zero-order valence-electron chi connectivity index (χ0n) is 15.0. The average molecular weight is 379 g/mol. The number of halogens is 1. The number of benzene rings is 3. The topological polar surface area (TPSA) is 90.8 Å². The molecule has 0 saturated heterocycles. The fraction of sp³-hybridized carbons (Fsp3) is 0.0952. The highest BCUT2D eigenvalue weighted by atomic mass is 19.1. The van der Waals surface area contributed by atoms with Gasteiger partial charge in [0.1, 0.15) is 17.5 Å². The van der Waals surface area contributed by atoms with Gasteiger partial charge in [-0.3, -0.25) is 9.59 Å². The van der Waals surface area contributed by atoms with Crippen LogP contribution in [0.3, 0.4) is 0 Å². The number of nitrogens with one attached hydrogen (secondary N) is 2. The Balaban J connectivity index is 1.67. The number of rotatable bonds is 5. The van der Waals surface area contributed by atoms with Crippen LogP contribution in [0.15, 0.2) is 65.8 Å². The molecule has 1 unspecified atom stereocenters. The van der Waals surface area contributed by atoms with E-state index in [2.05, 4.69) is 15.8 Å². The SMILES string of the molecule is CC(C(=O)NN=Cc1c(O)ccc2ccccc12)C(=O)Nc1ccccc1F. The van der Waals surface area contributed by atoms with Gasteiger partial charge in [-0.15, -0.1) is 0 Å². The van der Waals surface area contributed by atoms with Gasteiger partial charge in [0.15, 0.2) is 0 Å². The summed E-state index contributed by atoms with van der Waals surface area (Å²) in [7, 11) is 0. The highest BCUT2D eigenvalue weighted by Crippen LogP contribution is 2.25. The molecule has 0 heterocycles. The standard InChI is InChI=1S/C21H18FN3O3/c1-13(20(27)24-18-9-5-4-8-17(18)22)21(28)25-23-12-16-15-7-3-2-6-14(15)10-11-19(16)26/h2-13,26H,1H3,(H,24,27)(H,25,28). The summed E-state index contributed by atoms with van der Waals surface area (Å²) >= 11 is 0. The van der Waals surface area contributed by atoms with Crippen LogP contribution in [0, 0.1) is 11.7 Å². The molecule has 0 aliphatic heterocycles. The summed E-state index contributed by atoms with van der Waals surface area (Å²) in [5.41, 5.74) is 2.71. The fourth-order valence-corrected chi connectivity index (χ4v) is 2.60. The predicted molar refractivity (Wildman–Crippen MR) is 106 cm³/mol. The van der Waals surface area contributed by atoms with Crippen LogP contribution in [0.5, 0.6) is 5.75 Å². The van der Waals surface area contributed by atoms with Crippen molar-refractivity contribution < 1.29 is 19.1 Å². The van der Waals surface area contributed by atoms with Crippen LogP contribution in [0.4, 0.5) is 10.1 Å². The maximum atomic E-state index is 13.6. The van der Waals surface area contributed by atoms with Crippen molar-refractivity contribution in [3.8, 4) is 5.75 Å². The van der Waals surface area contributed by atoms with E-state index >= 15 is 0 Å². The molecule has 2 amide bonds. The van der Waals surface area contributed by atoms with Gasteiger partial charge in [0.2, 0.25) is 5.91 Å². The Morgan fingerprint density at radius 1 is 1.04 bits per heavy atom. The number of phenolic OH excluding ortho intramolecular Hbond substituents is 1. The van der Waals surface area contributed by atoms with Crippen LogP contribution in [0.2, 0.25) is 0 Å². The molecule has 0 fully saturated rings. The van der Waals surface area contributed by atoms with E-state index in [1.54, 1.807) is 12.1 Å². The van der Waals surface area contributed by atoms with Crippen molar-refractivity contribution in [2.75, 3.05) is 5.32 Å². The number of phenols is 1. The minimum Gasteiger partial charge on any atom is -0.507 e. The van der Waals surface area contributed by atoms with Crippen LogP contribution < -0.4 is 10.7 Å². The van der Waals surface area contributed by atoms with Gasteiger partial charge in [0, 0.05) is 5.56 Å². The minimum absolute atomic E-state index is 0.00340. The van der Waals surface area contributed by atoms with Crippen molar-refractivity contribution in [2.45, 2.75) is 6.92 Å². The first-order chi connectivity index (χ1) is 13.5. The van der Waals surface area contributed by atoms with E-state index in [1.165, 1.54) is 37.4 Å². The zero-order valence-corrected chi connectivity index (χ0v) is 15.0. The Morgan fingerprint density at radius 2 is 1.75 bits per heavy atom. The molecule has 0 spiro atoms. The fourth-order valence-electron chi connectivity index (χ4n) is 2.60. The van der Waals surface area contributed by atoms with E-state index in [4.69, 9.17) is 0 Å². The Labute approximate surface area is 160 Å². The number of carbonyl (C=O) groups is 2. The molecule has 1 atom stereocenters. The second kappa shape index (κ2) is 8.30. The Morgan fingerprint density at radius 3 is 2.54 bits per heavy atom. The zero-order chi connectivity index (χ0) is 20.1. The van der Waals surface area contributed by atoms with E-state index in [0.29, 0.717) is 5.56 Å². The van der Waals surface area contributed by atoms with Crippen LogP contribution in [-0.4, -0.2) is 23.1 Å². The van der Waals surface area contributed by atoms with Crippen LogP contribution in [-0.2, 0) is 9.59 Å². The lowest BCUT2D eigenvalue weighted by molar-refractivity contribution is -0.131. The van der Waals surface area contributed by atoms with E-state index in [0.717, 1.165) is 10.8 Å². The van der Waals surface area contributed by atoms with Gasteiger partial charge < -0.3 is 10.4 Å². The van der Waals surface area contributed by atoms with Crippen LogP contribution >= 0.6 is 0 Å². The molecule has 28 heavy (non-hydrogen) atoms. The molecule has 6 nitrogen and oxygen atoms in total. The smallest absolute Gasteiger partial charge is 0.252 e. The number of carbonyl (C=O) groups excluding carboxylic acids is 2. The summed E-state index contributed by atoms with van der Waals surface area (Å²) in [6.45, 7) is 1.39. The number of hydrazone groups is 1. The van der Waals surface area contributed by atoms with Crippen molar-refractivity contribution in [1.82, 2.24) is 5.43 Å². The number of nitrogens with zero attached hydrogens (tertiary/aromatic N) is 1. The second-order valence-electron chi connectivity index (χ2n) is 6.14. The summed E-state index contributed by atoms with van der Waals surface area (Å²) < 4.78 is 13.6. The third-order valence-corrected chi connectivity index (χ3v) is 4.23. The van der Waals surface area contributed by atoms with Crippen molar-refractivity contribution >= 4 is 34.5 Å². The molecule has 0 aliphatic rings. The maximum absolute atomic E-state index is 13.6. The Bertz CT molecular complexity index is 1070. The van der Waals surface area contributed by atoms with Gasteiger partial charge in [-0.25, -0.2) is 9.82 Å². The molecular weight excluding hydrogens is 361 g/mol. The van der Waals surface area contributed by atoms with Gasteiger partial charge in [0.25, 0.3) is 5.91 Å². The molecule has 142 valence electrons. The largest absolute Gasteiger partial charge is 0.507 e. The summed E-state index contributed by atoms with van der Waals surface area (Å²) in [5.74, 6) is -3.00. The van der Waals surface area contributed by atoms with Crippen molar-refractivity contribution in [3.63, 3.8) is 0 Å². The summed E-state index contributed by atoms with van der Waals surface area (Å²) in [6.07, 6.45) is 1.32. The van der Waals surface area contributed by atoms with E-state index < -0.39 is 23.5 Å². The van der Waals surface area contributed by atoms with Crippen LogP contribution in [0.1, 0.15) is 12.5 Å². The lowest BCUT2D eigenvalue weighted by atomic mass is 10.0. The Kier molecular flexibility index (Phi) is 5.64. The molecule has 0 aliphatic carbocycles. The predicted octanol–water partition coefficient (Wildman–Crippen LogP) is 3.41. The molecule has 3 rings (SSSR count). The number of amides is 2. The average Bonchev–Trinajstić information content (AvgIpc) is 2.70. The van der Waals surface area contributed by atoms with Crippen LogP contribution in [0.25, 0.3) is 10.8 Å². The van der Waals surface area contributed by atoms with Gasteiger partial charge >= 0.3 is 0 Å². The molecule has 7 heteroatoms. The number of aromatic hydroxyl groups is 1. The van der Waals surface area contributed by atoms with Gasteiger partial charge in [-0.2, -0.15) is 5.10 Å². The van der Waals surface area contributed by atoms with Gasteiger partial charge in [-0.1, -0.05) is 42.5 Å². The van der Waals surface area contributed by atoms with Crippen molar-refractivity contribution in [2.24, 2.45) is 11.0 Å². The molecular formula is C21H18FN3O3. The van der Waals surface area contributed by atoms with Gasteiger partial charge in [-0.05, 0) is 35.9 Å². The molecule has 0 radical (unpaired) electrons. The molecule has 0 aromatic heterocycles. The maximum Gasteiger partial charge on any atom is 0.252 e. The highest BCUT2D eigenvalue weighted by molar-refractivity contribution is 6.07. The molecule has 0 bridgehead atoms. The monoisotopic (exact) mass is 379 g/mol. The lowest BCUT2D eigenvalue weighted by Gasteiger charge is -2.11. The number of hydrogen-bond acceptors (Lipinski definition) is 4. The third kappa shape index (κ3) is 4.15. The second-order valence-corrected chi connectivity index (χ2v) is 6.14. The summed E-state index contributed by atoms with van der Waals surface area (Å²) in [4.78, 5) is 24.3. The molecule has 3 aromatic carbocycles. The Hall–Kier alpha value is -3.74. The van der Waals surface area contributed by atoms with Crippen molar-refractivity contribution in [3.05, 3.63) is 72.0 Å². The quantitative estimate of drug-likeness (QED) is 0.360. The molecule has 3 aromatic rings. The normalized spacial score (nSPS) is 12.1. The van der Waals surface area contributed by atoms with Gasteiger partial charge in [0.05, 0.1) is 11.9 Å². The first kappa shape index (κ1) is 19.0. The number of anilines is 1. The number of para-hydroxylation sites is 1. The van der Waals surface area contributed by atoms with E-state index in [1.807, 2.05) is 24.3 Å². The summed E-state index contributed by atoms with van der Waals surface area (Å²) in [6, 6.07) is 16.4. The number of fused-ring (bicyclic) bond motifs is 1. The summed E-state index contributed by atoms with van der Waals surface area (Å²) in [5, 5.41) is 17.9. The van der Waals surface area contributed by atoms with E-state index in [9.17, 15) is 19.1 Å². The minimum atomic E-state index is -1.10. The molecule has 3 N–H and O–H groups in total.